The highest BCUT2D eigenvalue weighted by molar-refractivity contribution is 5.91. The fraction of sp³-hybridized carbons (Fsp3) is 0.568. The average Bonchev–Trinajstić information content (AvgIpc) is 3.53. The van der Waals surface area contributed by atoms with Crippen molar-refractivity contribution in [3.05, 3.63) is 59.3 Å². The van der Waals surface area contributed by atoms with Crippen molar-refractivity contribution in [3.63, 3.8) is 0 Å². The van der Waals surface area contributed by atoms with E-state index < -0.39 is 17.7 Å². The summed E-state index contributed by atoms with van der Waals surface area (Å²) < 4.78 is 42.3. The van der Waals surface area contributed by atoms with E-state index in [-0.39, 0.29) is 42.2 Å². The number of anilines is 1. The van der Waals surface area contributed by atoms with Crippen molar-refractivity contribution in [2.24, 2.45) is 5.92 Å². The Morgan fingerprint density at radius 2 is 1.61 bits per heavy atom. The number of H-pyrrole nitrogens is 1. The number of aromatic amines is 1. The summed E-state index contributed by atoms with van der Waals surface area (Å²) in [5.74, 6) is -1.20. The number of hydrogen-bond acceptors (Lipinski definition) is 6. The Morgan fingerprint density at radius 3 is 2.33 bits per heavy atom. The molecule has 2 N–H and O–H groups in total. The lowest BCUT2D eigenvalue weighted by atomic mass is 9.91. The Bertz CT molecular complexity index is 1720. The smallest absolute Gasteiger partial charge is 0.343 e. The van der Waals surface area contributed by atoms with Gasteiger partial charge in [0.05, 0.1) is 23.2 Å². The molecule has 14 heteroatoms. The van der Waals surface area contributed by atoms with Gasteiger partial charge in [-0.05, 0) is 88.0 Å². The van der Waals surface area contributed by atoms with Crippen molar-refractivity contribution in [2.45, 2.75) is 63.2 Å². The molecular formula is C37H47F3N8O3. The lowest BCUT2D eigenvalue weighted by Crippen LogP contribution is -2.55. The highest BCUT2D eigenvalue weighted by Crippen LogP contribution is 2.36. The highest BCUT2D eigenvalue weighted by atomic mass is 19.4. The summed E-state index contributed by atoms with van der Waals surface area (Å²) in [5, 5.41) is 9.62. The molecule has 3 aromatic rings. The Balaban J connectivity index is 1.03. The maximum atomic E-state index is 14.2. The number of likely N-dealkylation sites (tertiary alicyclic amines) is 2. The number of alkyl halides is 3. The van der Waals surface area contributed by atoms with Crippen molar-refractivity contribution in [2.75, 3.05) is 71.3 Å². The van der Waals surface area contributed by atoms with E-state index in [2.05, 4.69) is 32.4 Å². The number of piperidine rings is 2. The van der Waals surface area contributed by atoms with Crippen LogP contribution in [0.1, 0.15) is 48.8 Å². The zero-order chi connectivity index (χ0) is 35.7. The molecule has 4 aliphatic rings. The van der Waals surface area contributed by atoms with E-state index in [1.165, 1.54) is 6.20 Å². The molecule has 4 aliphatic heterocycles. The van der Waals surface area contributed by atoms with Crippen molar-refractivity contribution in [1.82, 2.24) is 34.7 Å². The monoisotopic (exact) mass is 708 g/mol. The molecule has 4 amide bonds. The van der Waals surface area contributed by atoms with E-state index in [0.717, 1.165) is 62.8 Å². The first kappa shape index (κ1) is 35.2. The standard InChI is InChI=1S/C37H47F3N8O3/c1-44-11-7-29(8-12-44)45-16-18-47(19-17-45)35(50)27(20-25-21-28-24-41-43-34(28)31(22-25)37(38,39)40)23-33(49)46-13-9-30(10-14-46)48-15-6-26-4-2-3-5-32(26)42-36(48)51/h2-5,21-22,24,27,29-30H,6-20,23H2,1H3,(H,41,43)(H,42,51). The third-order valence-electron chi connectivity index (χ3n) is 11.4. The second-order valence-corrected chi connectivity index (χ2v) is 14.6. The van der Waals surface area contributed by atoms with Crippen LogP contribution in [-0.2, 0) is 28.6 Å². The van der Waals surface area contributed by atoms with Crippen LogP contribution in [0.2, 0.25) is 0 Å². The Hall–Kier alpha value is -4.17. The third-order valence-corrected chi connectivity index (χ3v) is 11.4. The number of aromatic nitrogens is 2. The van der Waals surface area contributed by atoms with Crippen LogP contribution in [-0.4, -0.2) is 131 Å². The number of para-hydroxylation sites is 1. The molecular weight excluding hydrogens is 661 g/mol. The summed E-state index contributed by atoms with van der Waals surface area (Å²) in [7, 11) is 2.13. The van der Waals surface area contributed by atoms with Crippen LogP contribution in [0.25, 0.3) is 10.9 Å². The van der Waals surface area contributed by atoms with E-state index in [1.807, 2.05) is 29.2 Å². The molecule has 7 rings (SSSR count). The average molecular weight is 709 g/mol. The molecule has 3 saturated heterocycles. The molecule has 0 saturated carbocycles. The summed E-state index contributed by atoms with van der Waals surface area (Å²) in [6.45, 7) is 6.09. The van der Waals surface area contributed by atoms with Crippen LogP contribution < -0.4 is 5.32 Å². The number of piperazine rings is 1. The molecule has 2 aromatic carbocycles. The van der Waals surface area contributed by atoms with Crippen LogP contribution in [0.5, 0.6) is 0 Å². The molecule has 11 nitrogen and oxygen atoms in total. The zero-order valence-electron chi connectivity index (χ0n) is 29.1. The predicted octanol–water partition coefficient (Wildman–Crippen LogP) is 4.45. The van der Waals surface area contributed by atoms with E-state index in [4.69, 9.17) is 0 Å². The van der Waals surface area contributed by atoms with Gasteiger partial charge in [-0.15, -0.1) is 0 Å². The van der Waals surface area contributed by atoms with Crippen LogP contribution in [0.15, 0.2) is 42.6 Å². The Labute approximate surface area is 296 Å². The minimum Gasteiger partial charge on any atom is -0.343 e. The van der Waals surface area contributed by atoms with E-state index in [1.54, 1.807) is 15.9 Å². The lowest BCUT2D eigenvalue weighted by Gasteiger charge is -2.43. The van der Waals surface area contributed by atoms with Crippen molar-refractivity contribution in [1.29, 1.82) is 0 Å². The molecule has 3 fully saturated rings. The Kier molecular flexibility index (Phi) is 10.2. The maximum absolute atomic E-state index is 14.2. The van der Waals surface area contributed by atoms with Crippen LogP contribution in [0.4, 0.5) is 23.7 Å². The topological polar surface area (TPSA) is 108 Å². The molecule has 0 spiro atoms. The first-order valence-corrected chi connectivity index (χ1v) is 18.2. The number of nitrogens with one attached hydrogen (secondary N) is 2. The third kappa shape index (κ3) is 7.86. The number of hydrogen-bond donors (Lipinski definition) is 2. The number of halogens is 3. The van der Waals surface area contributed by atoms with Gasteiger partial charge in [0.2, 0.25) is 11.8 Å². The minimum atomic E-state index is -4.61. The van der Waals surface area contributed by atoms with Gasteiger partial charge in [0.1, 0.15) is 0 Å². The summed E-state index contributed by atoms with van der Waals surface area (Å²) in [5.41, 5.74) is 1.33. The van der Waals surface area contributed by atoms with Gasteiger partial charge in [-0.25, -0.2) is 4.79 Å². The Morgan fingerprint density at radius 1 is 0.902 bits per heavy atom. The number of nitrogens with zero attached hydrogens (tertiary/aromatic N) is 6. The van der Waals surface area contributed by atoms with Gasteiger partial charge in [-0.3, -0.25) is 19.6 Å². The van der Waals surface area contributed by atoms with Crippen molar-refractivity contribution < 1.29 is 27.6 Å². The SMILES string of the molecule is CN1CCC(N2CCN(C(=O)C(CC(=O)N3CCC(N4CCc5ccccc5NC4=O)CC3)Cc3cc(C(F)(F)F)c4[nH]ncc4c3)CC2)CC1. The fourth-order valence-corrected chi connectivity index (χ4v) is 8.42. The van der Waals surface area contributed by atoms with Crippen LogP contribution >= 0.6 is 0 Å². The molecule has 0 aliphatic carbocycles. The van der Waals surface area contributed by atoms with Crippen molar-refractivity contribution in [3.8, 4) is 0 Å². The molecule has 1 unspecified atom stereocenters. The van der Waals surface area contributed by atoms with Crippen molar-refractivity contribution >= 4 is 34.4 Å². The maximum Gasteiger partial charge on any atom is 0.418 e. The zero-order valence-corrected chi connectivity index (χ0v) is 29.1. The molecule has 51 heavy (non-hydrogen) atoms. The lowest BCUT2D eigenvalue weighted by molar-refractivity contribution is -0.143. The number of fused-ring (bicyclic) bond motifs is 2. The molecule has 1 atom stereocenters. The van der Waals surface area contributed by atoms with Gasteiger partial charge >= 0.3 is 12.2 Å². The van der Waals surface area contributed by atoms with Gasteiger partial charge in [0.15, 0.2) is 0 Å². The van der Waals surface area contributed by atoms with E-state index in [0.29, 0.717) is 62.6 Å². The summed E-state index contributed by atoms with van der Waals surface area (Å²) in [6.07, 6.45) is 0.795. The summed E-state index contributed by atoms with van der Waals surface area (Å²) >= 11 is 0. The van der Waals surface area contributed by atoms with Gasteiger partial charge in [0.25, 0.3) is 0 Å². The van der Waals surface area contributed by atoms with Gasteiger partial charge < -0.3 is 24.9 Å². The second kappa shape index (κ2) is 14.8. The highest BCUT2D eigenvalue weighted by Gasteiger charge is 2.37. The normalized spacial score (nSPS) is 21.0. The molecule has 1 aromatic heterocycles. The van der Waals surface area contributed by atoms with Gasteiger partial charge in [-0.2, -0.15) is 18.3 Å². The predicted molar refractivity (Wildman–Crippen MR) is 187 cm³/mol. The number of amides is 4. The largest absolute Gasteiger partial charge is 0.418 e. The summed E-state index contributed by atoms with van der Waals surface area (Å²) in [4.78, 5) is 51.4. The molecule has 274 valence electrons. The number of carbonyl (C=O) groups is 3. The van der Waals surface area contributed by atoms with Crippen LogP contribution in [0, 0.1) is 5.92 Å². The number of carbonyl (C=O) groups excluding carboxylic acids is 3. The van der Waals surface area contributed by atoms with Crippen LogP contribution in [0.3, 0.4) is 0 Å². The van der Waals surface area contributed by atoms with Gasteiger partial charge in [-0.1, -0.05) is 18.2 Å². The number of benzene rings is 2. The summed E-state index contributed by atoms with van der Waals surface area (Å²) in [6, 6.07) is 10.8. The minimum absolute atomic E-state index is 0.00885. The molecule has 5 heterocycles. The molecule has 0 radical (unpaired) electrons. The van der Waals surface area contributed by atoms with E-state index >= 15 is 0 Å². The first-order valence-electron chi connectivity index (χ1n) is 18.2. The first-order chi connectivity index (χ1) is 24.5. The van der Waals surface area contributed by atoms with Gasteiger partial charge in [0, 0.05) is 75.4 Å². The van der Waals surface area contributed by atoms with E-state index in [9.17, 15) is 27.6 Å². The quantitative estimate of drug-likeness (QED) is 0.376. The second-order valence-electron chi connectivity index (χ2n) is 14.6. The fourth-order valence-electron chi connectivity index (χ4n) is 8.42. The number of rotatable bonds is 7. The molecule has 0 bridgehead atoms. The number of urea groups is 1.